The number of aliphatic hydroxyl groups excluding tert-OH is 1. The van der Waals surface area contributed by atoms with Crippen LogP contribution in [0.15, 0.2) is 30.3 Å². The average Bonchev–Trinajstić information content (AvgIpc) is 2.69. The van der Waals surface area contributed by atoms with Gasteiger partial charge in [-0.2, -0.15) is 0 Å². The predicted molar refractivity (Wildman–Crippen MR) is 70.8 cm³/mol. The summed E-state index contributed by atoms with van der Waals surface area (Å²) in [6, 6.07) is 10.2. The topological polar surface area (TPSA) is 23.5 Å². The highest BCUT2D eigenvalue weighted by Crippen LogP contribution is 2.28. The number of rotatable bonds is 3. The van der Waals surface area contributed by atoms with Gasteiger partial charge in [-0.25, -0.2) is 0 Å². The lowest BCUT2D eigenvalue weighted by molar-refractivity contribution is 0.0687. The number of likely N-dealkylation sites (tertiary alicyclic amines) is 1. The van der Waals surface area contributed by atoms with Crippen molar-refractivity contribution in [3.63, 3.8) is 0 Å². The van der Waals surface area contributed by atoms with Gasteiger partial charge < -0.3 is 5.11 Å². The van der Waals surface area contributed by atoms with Gasteiger partial charge >= 0.3 is 0 Å². The lowest BCUT2D eigenvalue weighted by Crippen LogP contribution is -2.36. The van der Waals surface area contributed by atoms with Gasteiger partial charge in [0.25, 0.3) is 0 Å². The molecule has 1 fully saturated rings. The zero-order valence-corrected chi connectivity index (χ0v) is 11.0. The first-order valence-electron chi connectivity index (χ1n) is 6.56. The molecule has 94 valence electrons. The van der Waals surface area contributed by atoms with Crippen LogP contribution < -0.4 is 0 Å². The van der Waals surface area contributed by atoms with Gasteiger partial charge in [0.2, 0.25) is 0 Å². The van der Waals surface area contributed by atoms with Gasteiger partial charge in [-0.3, -0.25) is 4.90 Å². The normalized spacial score (nSPS) is 29.2. The van der Waals surface area contributed by atoms with Crippen LogP contribution in [0.25, 0.3) is 0 Å². The van der Waals surface area contributed by atoms with Crippen LogP contribution in [0.5, 0.6) is 0 Å². The molecule has 0 aliphatic carbocycles. The van der Waals surface area contributed by atoms with Crippen LogP contribution in [0.1, 0.15) is 32.4 Å². The van der Waals surface area contributed by atoms with Crippen LogP contribution >= 0.6 is 0 Å². The molecule has 0 saturated carbocycles. The Morgan fingerprint density at radius 1 is 1.12 bits per heavy atom. The second kappa shape index (κ2) is 5.19. The summed E-state index contributed by atoms with van der Waals surface area (Å²) in [7, 11) is 0. The van der Waals surface area contributed by atoms with Gasteiger partial charge in [-0.05, 0) is 24.3 Å². The van der Waals surface area contributed by atoms with Crippen LogP contribution in [0.3, 0.4) is 0 Å². The smallest absolute Gasteiger partial charge is 0.0942 e. The van der Waals surface area contributed by atoms with E-state index in [4.69, 9.17) is 0 Å². The van der Waals surface area contributed by atoms with E-state index in [2.05, 4.69) is 25.7 Å². The zero-order chi connectivity index (χ0) is 12.4. The Balaban J connectivity index is 2.03. The van der Waals surface area contributed by atoms with E-state index in [1.54, 1.807) is 0 Å². The van der Waals surface area contributed by atoms with Crippen molar-refractivity contribution in [1.82, 2.24) is 4.90 Å². The Morgan fingerprint density at radius 3 is 2.18 bits per heavy atom. The van der Waals surface area contributed by atoms with Crippen LogP contribution in [-0.4, -0.2) is 29.1 Å². The van der Waals surface area contributed by atoms with E-state index >= 15 is 0 Å². The summed E-state index contributed by atoms with van der Waals surface area (Å²) in [4.78, 5) is 2.41. The summed E-state index contributed by atoms with van der Waals surface area (Å²) in [5, 5.41) is 10.4. The van der Waals surface area contributed by atoms with Crippen molar-refractivity contribution < 1.29 is 5.11 Å². The Hall–Kier alpha value is -0.860. The number of aliphatic hydroxyl groups is 1. The lowest BCUT2D eigenvalue weighted by Gasteiger charge is -2.29. The van der Waals surface area contributed by atoms with Gasteiger partial charge in [-0.15, -0.1) is 0 Å². The summed E-state index contributed by atoms with van der Waals surface area (Å²) >= 11 is 0. The molecule has 0 amide bonds. The Labute approximate surface area is 104 Å². The van der Waals surface area contributed by atoms with Crippen molar-refractivity contribution in [3.8, 4) is 0 Å². The minimum absolute atomic E-state index is 0.199. The molecule has 4 unspecified atom stereocenters. The van der Waals surface area contributed by atoms with E-state index in [1.165, 1.54) is 0 Å². The van der Waals surface area contributed by atoms with Crippen molar-refractivity contribution in [2.24, 2.45) is 11.8 Å². The van der Waals surface area contributed by atoms with E-state index in [-0.39, 0.29) is 12.1 Å². The van der Waals surface area contributed by atoms with Gasteiger partial charge in [0, 0.05) is 19.1 Å². The quantitative estimate of drug-likeness (QED) is 0.867. The molecule has 1 aromatic carbocycles. The van der Waals surface area contributed by atoms with E-state index in [0.29, 0.717) is 0 Å². The first-order valence-corrected chi connectivity index (χ1v) is 6.56. The maximum absolute atomic E-state index is 10.4. The molecule has 2 rings (SSSR count). The number of hydrogen-bond donors (Lipinski definition) is 1. The molecule has 0 bridgehead atoms. The SMILES string of the molecule is CC1CN(C(C)C(O)c2ccccc2)CC1C. The highest BCUT2D eigenvalue weighted by molar-refractivity contribution is 5.18. The molecule has 0 aromatic heterocycles. The summed E-state index contributed by atoms with van der Waals surface area (Å²) in [5.41, 5.74) is 1.02. The molecule has 1 heterocycles. The molecule has 1 aromatic rings. The monoisotopic (exact) mass is 233 g/mol. The van der Waals surface area contributed by atoms with Crippen LogP contribution in [0.2, 0.25) is 0 Å². The molecule has 4 atom stereocenters. The molecule has 1 N–H and O–H groups in total. The van der Waals surface area contributed by atoms with Gasteiger partial charge in [0.1, 0.15) is 0 Å². The van der Waals surface area contributed by atoms with Crippen molar-refractivity contribution in [1.29, 1.82) is 0 Å². The third-order valence-electron chi connectivity index (χ3n) is 4.19. The Morgan fingerprint density at radius 2 is 1.65 bits per heavy atom. The first-order chi connectivity index (χ1) is 8.09. The molecule has 2 heteroatoms. The molecule has 1 aliphatic heterocycles. The fraction of sp³-hybridized carbons (Fsp3) is 0.600. The van der Waals surface area contributed by atoms with Gasteiger partial charge in [-0.1, -0.05) is 44.2 Å². The molecular formula is C15H23NO. The zero-order valence-electron chi connectivity index (χ0n) is 11.0. The third kappa shape index (κ3) is 2.70. The standard InChI is InChI=1S/C15H23NO/c1-11-9-16(10-12(11)2)13(3)15(17)14-7-5-4-6-8-14/h4-8,11-13,15,17H,9-10H2,1-3H3. The highest BCUT2D eigenvalue weighted by atomic mass is 16.3. The van der Waals surface area contributed by atoms with Crippen molar-refractivity contribution in [2.75, 3.05) is 13.1 Å². The minimum Gasteiger partial charge on any atom is -0.387 e. The molecule has 0 radical (unpaired) electrons. The van der Waals surface area contributed by atoms with E-state index in [0.717, 1.165) is 30.5 Å². The van der Waals surface area contributed by atoms with Crippen molar-refractivity contribution in [3.05, 3.63) is 35.9 Å². The molecule has 1 aliphatic rings. The van der Waals surface area contributed by atoms with Crippen LogP contribution in [-0.2, 0) is 0 Å². The van der Waals surface area contributed by atoms with E-state index in [1.807, 2.05) is 30.3 Å². The maximum atomic E-state index is 10.4. The van der Waals surface area contributed by atoms with Gasteiger partial charge in [0.15, 0.2) is 0 Å². The number of benzene rings is 1. The highest BCUT2D eigenvalue weighted by Gasteiger charge is 2.32. The first kappa shape index (κ1) is 12.6. The molecule has 1 saturated heterocycles. The largest absolute Gasteiger partial charge is 0.387 e. The second-order valence-electron chi connectivity index (χ2n) is 5.50. The fourth-order valence-corrected chi connectivity index (χ4v) is 2.64. The van der Waals surface area contributed by atoms with E-state index in [9.17, 15) is 5.11 Å². The Bertz CT molecular complexity index is 341. The molecule has 0 spiro atoms. The number of nitrogens with zero attached hydrogens (tertiary/aromatic N) is 1. The summed E-state index contributed by atoms with van der Waals surface area (Å²) in [6.45, 7) is 8.93. The third-order valence-corrected chi connectivity index (χ3v) is 4.19. The van der Waals surface area contributed by atoms with Crippen molar-refractivity contribution in [2.45, 2.75) is 32.9 Å². The summed E-state index contributed by atoms with van der Waals surface area (Å²) in [5.74, 6) is 1.47. The lowest BCUT2D eigenvalue weighted by atomic mass is 10.0. The molecular weight excluding hydrogens is 210 g/mol. The van der Waals surface area contributed by atoms with Crippen LogP contribution in [0, 0.1) is 11.8 Å². The second-order valence-corrected chi connectivity index (χ2v) is 5.50. The summed E-state index contributed by atoms with van der Waals surface area (Å²) < 4.78 is 0. The van der Waals surface area contributed by atoms with E-state index < -0.39 is 0 Å². The van der Waals surface area contributed by atoms with Crippen molar-refractivity contribution >= 4 is 0 Å². The minimum atomic E-state index is -0.381. The van der Waals surface area contributed by atoms with Gasteiger partial charge in [0.05, 0.1) is 6.10 Å². The number of hydrogen-bond acceptors (Lipinski definition) is 2. The molecule has 2 nitrogen and oxygen atoms in total. The van der Waals surface area contributed by atoms with Crippen LogP contribution in [0.4, 0.5) is 0 Å². The maximum Gasteiger partial charge on any atom is 0.0942 e. The fourth-order valence-electron chi connectivity index (χ4n) is 2.64. The molecule has 17 heavy (non-hydrogen) atoms. The average molecular weight is 233 g/mol. The Kier molecular flexibility index (Phi) is 3.85. The summed E-state index contributed by atoms with van der Waals surface area (Å²) in [6.07, 6.45) is -0.381. The predicted octanol–water partition coefficient (Wildman–Crippen LogP) is 2.70.